The van der Waals surface area contributed by atoms with Gasteiger partial charge in [-0.3, -0.25) is 0 Å². The van der Waals surface area contributed by atoms with Crippen molar-refractivity contribution in [3.63, 3.8) is 0 Å². The molecule has 0 saturated carbocycles. The number of halogens is 1. The summed E-state index contributed by atoms with van der Waals surface area (Å²) in [6.07, 6.45) is 1.05. The number of aliphatic hydroxyl groups excluding tert-OH is 1. The van der Waals surface area contributed by atoms with E-state index in [9.17, 15) is 4.39 Å². The molecule has 0 fully saturated rings. The SMILES string of the molecule is CCCNCc1cccc(F)c1N(CC)CCO. The van der Waals surface area contributed by atoms with E-state index < -0.39 is 0 Å². The van der Waals surface area contributed by atoms with Crippen LogP contribution in [0.15, 0.2) is 18.2 Å². The van der Waals surface area contributed by atoms with Crippen LogP contribution in [-0.4, -0.2) is 31.3 Å². The number of rotatable bonds is 8. The maximum absolute atomic E-state index is 14.0. The van der Waals surface area contributed by atoms with Gasteiger partial charge in [0, 0.05) is 19.6 Å². The van der Waals surface area contributed by atoms with Gasteiger partial charge in [-0.1, -0.05) is 19.1 Å². The van der Waals surface area contributed by atoms with Gasteiger partial charge in [0.25, 0.3) is 0 Å². The number of likely N-dealkylation sites (N-methyl/N-ethyl adjacent to an activating group) is 1. The highest BCUT2D eigenvalue weighted by molar-refractivity contribution is 5.54. The summed E-state index contributed by atoms with van der Waals surface area (Å²) in [5.74, 6) is -0.221. The van der Waals surface area contributed by atoms with Crippen molar-refractivity contribution in [1.29, 1.82) is 0 Å². The number of aliphatic hydroxyl groups is 1. The van der Waals surface area contributed by atoms with Crippen LogP contribution >= 0.6 is 0 Å². The number of para-hydroxylation sites is 1. The highest BCUT2D eigenvalue weighted by atomic mass is 19.1. The van der Waals surface area contributed by atoms with Crippen LogP contribution in [0.4, 0.5) is 10.1 Å². The van der Waals surface area contributed by atoms with Gasteiger partial charge < -0.3 is 15.3 Å². The minimum atomic E-state index is -0.221. The van der Waals surface area contributed by atoms with E-state index in [4.69, 9.17) is 5.11 Å². The molecule has 0 amide bonds. The van der Waals surface area contributed by atoms with Crippen LogP contribution in [0, 0.1) is 5.82 Å². The summed E-state index contributed by atoms with van der Waals surface area (Å²) in [6, 6.07) is 5.13. The molecule has 0 unspecified atom stereocenters. The molecule has 0 aliphatic heterocycles. The summed E-state index contributed by atoms with van der Waals surface area (Å²) in [7, 11) is 0. The molecule has 2 N–H and O–H groups in total. The van der Waals surface area contributed by atoms with Crippen LogP contribution in [0.5, 0.6) is 0 Å². The Hall–Kier alpha value is -1.13. The maximum atomic E-state index is 14.0. The first-order chi connectivity index (χ1) is 8.74. The molecular formula is C14H23FN2O. The van der Waals surface area contributed by atoms with E-state index in [2.05, 4.69) is 12.2 Å². The van der Waals surface area contributed by atoms with Crippen molar-refractivity contribution < 1.29 is 9.50 Å². The molecule has 0 bridgehead atoms. The van der Waals surface area contributed by atoms with Gasteiger partial charge in [0.2, 0.25) is 0 Å². The molecule has 0 aliphatic carbocycles. The van der Waals surface area contributed by atoms with Gasteiger partial charge in [-0.2, -0.15) is 0 Å². The fourth-order valence-corrected chi connectivity index (χ4v) is 2.01. The van der Waals surface area contributed by atoms with Crippen LogP contribution in [0.25, 0.3) is 0 Å². The number of anilines is 1. The number of benzene rings is 1. The monoisotopic (exact) mass is 254 g/mol. The third-order valence-corrected chi connectivity index (χ3v) is 2.88. The lowest BCUT2D eigenvalue weighted by Crippen LogP contribution is -2.29. The number of nitrogens with zero attached hydrogens (tertiary/aromatic N) is 1. The van der Waals surface area contributed by atoms with Crippen LogP contribution in [0.3, 0.4) is 0 Å². The van der Waals surface area contributed by atoms with E-state index in [0.29, 0.717) is 25.3 Å². The molecule has 1 rings (SSSR count). The molecule has 1 aromatic carbocycles. The zero-order chi connectivity index (χ0) is 13.4. The summed E-state index contributed by atoms with van der Waals surface area (Å²) < 4.78 is 14.0. The minimum Gasteiger partial charge on any atom is -0.395 e. The maximum Gasteiger partial charge on any atom is 0.146 e. The second kappa shape index (κ2) is 8.06. The fraction of sp³-hybridized carbons (Fsp3) is 0.571. The third-order valence-electron chi connectivity index (χ3n) is 2.88. The van der Waals surface area contributed by atoms with Gasteiger partial charge in [0.15, 0.2) is 0 Å². The van der Waals surface area contributed by atoms with Gasteiger partial charge >= 0.3 is 0 Å². The Morgan fingerprint density at radius 1 is 1.33 bits per heavy atom. The summed E-state index contributed by atoms with van der Waals surface area (Å²) in [5.41, 5.74) is 1.55. The van der Waals surface area contributed by atoms with Crippen molar-refractivity contribution in [1.82, 2.24) is 5.32 Å². The Kier molecular flexibility index (Phi) is 6.68. The predicted octanol–water partition coefficient (Wildman–Crippen LogP) is 2.14. The van der Waals surface area contributed by atoms with Crippen molar-refractivity contribution in [3.05, 3.63) is 29.6 Å². The Bertz CT molecular complexity index is 358. The molecule has 1 aromatic rings. The summed E-state index contributed by atoms with van der Waals surface area (Å²) >= 11 is 0. The third kappa shape index (κ3) is 3.96. The highest BCUT2D eigenvalue weighted by Crippen LogP contribution is 2.24. The van der Waals surface area contributed by atoms with Crippen LogP contribution in [0.1, 0.15) is 25.8 Å². The highest BCUT2D eigenvalue weighted by Gasteiger charge is 2.14. The number of nitrogens with one attached hydrogen (secondary N) is 1. The Balaban J connectivity index is 2.91. The molecule has 0 atom stereocenters. The Morgan fingerprint density at radius 3 is 2.72 bits per heavy atom. The molecular weight excluding hydrogens is 231 g/mol. The Morgan fingerprint density at radius 2 is 2.11 bits per heavy atom. The van der Waals surface area contributed by atoms with E-state index in [1.807, 2.05) is 17.9 Å². The smallest absolute Gasteiger partial charge is 0.146 e. The molecule has 0 saturated heterocycles. The molecule has 0 spiro atoms. The zero-order valence-electron chi connectivity index (χ0n) is 11.2. The van der Waals surface area contributed by atoms with Crippen LogP contribution in [-0.2, 0) is 6.54 Å². The van der Waals surface area contributed by atoms with Crippen LogP contribution < -0.4 is 10.2 Å². The van der Waals surface area contributed by atoms with Gasteiger partial charge in [-0.25, -0.2) is 4.39 Å². The minimum absolute atomic E-state index is 0.0317. The topological polar surface area (TPSA) is 35.5 Å². The second-order valence-electron chi connectivity index (χ2n) is 4.23. The van der Waals surface area contributed by atoms with Gasteiger partial charge in [-0.05, 0) is 31.5 Å². The summed E-state index contributed by atoms with van der Waals surface area (Å²) in [6.45, 7) is 6.81. The molecule has 0 aliphatic rings. The number of hydrogen-bond acceptors (Lipinski definition) is 3. The van der Waals surface area contributed by atoms with Crippen molar-refractivity contribution in [2.45, 2.75) is 26.8 Å². The first-order valence-corrected chi connectivity index (χ1v) is 6.58. The largest absolute Gasteiger partial charge is 0.395 e. The first-order valence-electron chi connectivity index (χ1n) is 6.58. The van der Waals surface area contributed by atoms with Gasteiger partial charge in [-0.15, -0.1) is 0 Å². The Labute approximate surface area is 109 Å². The lowest BCUT2D eigenvalue weighted by Gasteiger charge is -2.25. The lowest BCUT2D eigenvalue weighted by atomic mass is 10.1. The standard InChI is InChI=1S/C14H23FN2O/c1-3-8-16-11-12-6-5-7-13(15)14(12)17(4-2)9-10-18/h5-7,16,18H,3-4,8-11H2,1-2H3. The second-order valence-corrected chi connectivity index (χ2v) is 4.23. The molecule has 0 aromatic heterocycles. The van der Waals surface area contributed by atoms with Crippen LogP contribution in [0.2, 0.25) is 0 Å². The molecule has 4 heteroatoms. The zero-order valence-corrected chi connectivity index (χ0v) is 11.2. The van der Waals surface area contributed by atoms with E-state index >= 15 is 0 Å². The van der Waals surface area contributed by atoms with E-state index in [1.54, 1.807) is 6.07 Å². The first kappa shape index (κ1) is 14.9. The summed E-state index contributed by atoms with van der Waals surface area (Å²) in [4.78, 5) is 1.87. The van der Waals surface area contributed by atoms with E-state index in [0.717, 1.165) is 18.5 Å². The van der Waals surface area contributed by atoms with E-state index in [-0.39, 0.29) is 12.4 Å². The average molecular weight is 254 g/mol. The average Bonchev–Trinajstić information content (AvgIpc) is 2.37. The summed E-state index contributed by atoms with van der Waals surface area (Å²) in [5, 5.41) is 12.3. The number of hydrogen-bond donors (Lipinski definition) is 2. The van der Waals surface area contributed by atoms with Gasteiger partial charge in [0.1, 0.15) is 5.82 Å². The van der Waals surface area contributed by atoms with Crippen molar-refractivity contribution in [3.8, 4) is 0 Å². The van der Waals surface area contributed by atoms with Gasteiger partial charge in [0.05, 0.1) is 12.3 Å². The molecule has 3 nitrogen and oxygen atoms in total. The normalized spacial score (nSPS) is 10.7. The van der Waals surface area contributed by atoms with E-state index in [1.165, 1.54) is 6.07 Å². The molecule has 18 heavy (non-hydrogen) atoms. The van der Waals surface area contributed by atoms with Crippen molar-refractivity contribution in [2.75, 3.05) is 31.1 Å². The molecule has 0 heterocycles. The quantitative estimate of drug-likeness (QED) is 0.698. The molecule has 102 valence electrons. The van der Waals surface area contributed by atoms with Crippen molar-refractivity contribution >= 4 is 5.69 Å². The van der Waals surface area contributed by atoms with Crippen molar-refractivity contribution in [2.24, 2.45) is 0 Å². The lowest BCUT2D eigenvalue weighted by molar-refractivity contribution is 0.302. The predicted molar refractivity (Wildman–Crippen MR) is 73.4 cm³/mol. The fourth-order valence-electron chi connectivity index (χ4n) is 2.01. The molecule has 0 radical (unpaired) electrons.